The van der Waals surface area contributed by atoms with E-state index >= 15 is 0 Å². The van der Waals surface area contributed by atoms with E-state index in [1.165, 1.54) is 6.92 Å². The second kappa shape index (κ2) is 2.91. The van der Waals surface area contributed by atoms with Gasteiger partial charge in [-0.25, -0.2) is 4.79 Å². The molecular weight excluding hydrogens is 126 g/mol. The predicted octanol–water partition coefficient (Wildman–Crippen LogP) is -0.273. The van der Waals surface area contributed by atoms with Gasteiger partial charge in [0.2, 0.25) is 0 Å². The van der Waals surface area contributed by atoms with Gasteiger partial charge in [0, 0.05) is 0 Å². The number of carbonyl (C=O) groups is 2. The van der Waals surface area contributed by atoms with Crippen molar-refractivity contribution in [1.29, 1.82) is 0 Å². The van der Waals surface area contributed by atoms with Crippen molar-refractivity contribution in [2.75, 3.05) is 0 Å². The van der Waals surface area contributed by atoms with Crippen LogP contribution in [0.2, 0.25) is 0 Å². The van der Waals surface area contributed by atoms with Crippen LogP contribution in [0.25, 0.3) is 0 Å². The number of carboxylic acids is 1. The summed E-state index contributed by atoms with van der Waals surface area (Å²) >= 11 is 0. The number of hydrogen-bond acceptors (Lipinski definition) is 2. The fourth-order valence-corrected chi connectivity index (χ4v) is 0.247. The molecule has 0 heterocycles. The van der Waals surface area contributed by atoms with E-state index in [0.717, 1.165) is 0 Å². The Bertz CT molecular complexity index is 133. The molecule has 0 aromatic rings. The number of hydrogen-bond donors (Lipinski definition) is 3. The summed E-state index contributed by atoms with van der Waals surface area (Å²) in [5.74, 6) is -1.18. The first-order valence-electron chi connectivity index (χ1n) is 2.26. The van der Waals surface area contributed by atoms with Crippen LogP contribution in [0.1, 0.15) is 6.92 Å². The summed E-state index contributed by atoms with van der Waals surface area (Å²) in [6.45, 7) is 1.25. The first-order chi connectivity index (χ1) is 4.04. The lowest BCUT2D eigenvalue weighted by molar-refractivity contribution is -0.138. The van der Waals surface area contributed by atoms with Gasteiger partial charge < -0.3 is 15.5 Å². The Hall–Kier alpha value is -1.26. The zero-order chi connectivity index (χ0) is 7.44. The first kappa shape index (κ1) is 7.74. The van der Waals surface area contributed by atoms with Crippen molar-refractivity contribution < 1.29 is 19.8 Å². The van der Waals surface area contributed by atoms with E-state index < -0.39 is 18.1 Å². The monoisotopic (exact) mass is 133 g/mol. The normalized spacial score (nSPS) is 12.1. The van der Waals surface area contributed by atoms with Crippen LogP contribution in [0.15, 0.2) is 0 Å². The minimum atomic E-state index is -1.33. The van der Waals surface area contributed by atoms with E-state index in [4.69, 9.17) is 10.2 Å². The molecule has 0 rings (SSSR count). The quantitative estimate of drug-likeness (QED) is 0.483. The van der Waals surface area contributed by atoms with Gasteiger partial charge in [0.25, 0.3) is 0 Å². The Morgan fingerprint density at radius 1 is 1.44 bits per heavy atom. The molecule has 9 heavy (non-hydrogen) atoms. The fourth-order valence-electron chi connectivity index (χ4n) is 0.247. The van der Waals surface area contributed by atoms with E-state index in [2.05, 4.69) is 0 Å². The summed E-state index contributed by atoms with van der Waals surface area (Å²) in [6, 6.07) is -1.04. The average molecular weight is 133 g/mol. The van der Waals surface area contributed by atoms with Crippen LogP contribution >= 0.6 is 0 Å². The number of aliphatic carboxylic acids is 1. The van der Waals surface area contributed by atoms with Crippen molar-refractivity contribution in [3.05, 3.63) is 0 Å². The lowest BCUT2D eigenvalue weighted by atomic mass is 10.4. The maximum Gasteiger partial charge on any atom is 0.405 e. The molecule has 5 nitrogen and oxygen atoms in total. The average Bonchev–Trinajstić information content (AvgIpc) is 1.63. The number of carboxylic acid groups (broad SMARTS) is 2. The smallest absolute Gasteiger partial charge is 0.405 e. The first-order valence-corrected chi connectivity index (χ1v) is 2.26. The molecule has 3 N–H and O–H groups in total. The Morgan fingerprint density at radius 2 is 1.89 bits per heavy atom. The predicted molar refractivity (Wildman–Crippen MR) is 28.3 cm³/mol. The van der Waals surface area contributed by atoms with Crippen molar-refractivity contribution >= 4 is 12.1 Å². The van der Waals surface area contributed by atoms with Crippen molar-refractivity contribution in [2.45, 2.75) is 13.0 Å². The minimum absolute atomic E-state index is 1.04. The van der Waals surface area contributed by atoms with E-state index in [1.54, 1.807) is 5.32 Å². The van der Waals surface area contributed by atoms with Gasteiger partial charge in [0.1, 0.15) is 6.04 Å². The van der Waals surface area contributed by atoms with Gasteiger partial charge in [-0.1, -0.05) is 0 Å². The van der Waals surface area contributed by atoms with Crippen LogP contribution in [0, 0.1) is 0 Å². The van der Waals surface area contributed by atoms with Crippen LogP contribution < -0.4 is 5.32 Å². The lowest BCUT2D eigenvalue weighted by Crippen LogP contribution is -2.37. The largest absolute Gasteiger partial charge is 0.480 e. The minimum Gasteiger partial charge on any atom is -0.480 e. The van der Waals surface area contributed by atoms with E-state index in [-0.39, 0.29) is 0 Å². The lowest BCUT2D eigenvalue weighted by Gasteiger charge is -2.02. The van der Waals surface area contributed by atoms with Gasteiger partial charge in [-0.05, 0) is 6.92 Å². The Kier molecular flexibility index (Phi) is 2.50. The van der Waals surface area contributed by atoms with Gasteiger partial charge in [0.15, 0.2) is 0 Å². The maximum absolute atomic E-state index is 9.91. The van der Waals surface area contributed by atoms with Gasteiger partial charge in [0.05, 0.1) is 0 Å². The van der Waals surface area contributed by atoms with Crippen molar-refractivity contribution in [3.8, 4) is 0 Å². The molecule has 0 spiro atoms. The molecule has 1 amide bonds. The fraction of sp³-hybridized carbons (Fsp3) is 0.500. The molecule has 0 aromatic carbocycles. The molecule has 0 aliphatic carbocycles. The number of nitrogens with one attached hydrogen (secondary N) is 1. The highest BCUT2D eigenvalue weighted by molar-refractivity contribution is 5.78. The van der Waals surface area contributed by atoms with Gasteiger partial charge >= 0.3 is 12.1 Å². The summed E-state index contributed by atoms with van der Waals surface area (Å²) in [4.78, 5) is 19.6. The van der Waals surface area contributed by atoms with E-state index in [9.17, 15) is 9.59 Å². The van der Waals surface area contributed by atoms with Gasteiger partial charge in [-0.3, -0.25) is 4.79 Å². The summed E-state index contributed by atoms with van der Waals surface area (Å²) in [6.07, 6.45) is -1.33. The van der Waals surface area contributed by atoms with Crippen LogP contribution in [0.5, 0.6) is 0 Å². The molecule has 0 radical (unpaired) electrons. The molecule has 0 saturated heterocycles. The Balaban J connectivity index is 3.63. The highest BCUT2D eigenvalue weighted by Gasteiger charge is 2.11. The highest BCUT2D eigenvalue weighted by atomic mass is 16.4. The number of rotatable bonds is 2. The number of amides is 1. The second-order valence-electron chi connectivity index (χ2n) is 1.51. The molecule has 0 fully saturated rings. The second-order valence-corrected chi connectivity index (χ2v) is 1.51. The molecule has 52 valence electrons. The Labute approximate surface area is 51.3 Å². The highest BCUT2D eigenvalue weighted by Crippen LogP contribution is 1.78. The topological polar surface area (TPSA) is 86.6 Å². The van der Waals surface area contributed by atoms with E-state index in [0.29, 0.717) is 0 Å². The Morgan fingerprint density at radius 3 is 2.00 bits per heavy atom. The zero-order valence-corrected chi connectivity index (χ0v) is 4.79. The van der Waals surface area contributed by atoms with Crippen LogP contribution in [-0.4, -0.2) is 28.3 Å². The third-order valence-electron chi connectivity index (χ3n) is 0.710. The summed E-state index contributed by atoms with van der Waals surface area (Å²) < 4.78 is 0. The van der Waals surface area contributed by atoms with Crippen LogP contribution in [0.4, 0.5) is 4.79 Å². The van der Waals surface area contributed by atoms with Crippen LogP contribution in [0.3, 0.4) is 0 Å². The van der Waals surface area contributed by atoms with Crippen molar-refractivity contribution in [1.82, 2.24) is 5.32 Å². The molecular formula is C4H7NO4. The summed E-state index contributed by atoms with van der Waals surface area (Å²) in [5.41, 5.74) is 0. The molecule has 0 unspecified atom stereocenters. The summed E-state index contributed by atoms with van der Waals surface area (Å²) in [7, 11) is 0. The van der Waals surface area contributed by atoms with Crippen molar-refractivity contribution in [3.63, 3.8) is 0 Å². The molecule has 0 aromatic heterocycles. The third kappa shape index (κ3) is 3.33. The molecule has 0 aliphatic rings. The molecule has 0 saturated carbocycles. The van der Waals surface area contributed by atoms with Crippen molar-refractivity contribution in [2.24, 2.45) is 0 Å². The van der Waals surface area contributed by atoms with E-state index in [1.807, 2.05) is 0 Å². The molecule has 5 heteroatoms. The molecule has 0 bridgehead atoms. The zero-order valence-electron chi connectivity index (χ0n) is 4.79. The molecule has 0 aliphatic heterocycles. The van der Waals surface area contributed by atoms with Crippen LogP contribution in [-0.2, 0) is 4.79 Å². The molecule has 1 atom stereocenters. The third-order valence-corrected chi connectivity index (χ3v) is 0.710. The standard InChI is InChI=1S/C4H7NO4/c1-2(3(6)7)5-4(8)9/h2,5H,1H3,(H,6,7)(H,8,9)/t2-/m0/s1. The SMILES string of the molecule is C[C@H](NC(=O)O)C(=O)O. The maximum atomic E-state index is 9.91. The summed E-state index contributed by atoms with van der Waals surface area (Å²) in [5, 5.41) is 17.8. The van der Waals surface area contributed by atoms with Gasteiger partial charge in [-0.2, -0.15) is 0 Å². The van der Waals surface area contributed by atoms with Gasteiger partial charge in [-0.15, -0.1) is 0 Å².